The lowest BCUT2D eigenvalue weighted by Crippen LogP contribution is -2.38. The molecule has 144 valence electrons. The van der Waals surface area contributed by atoms with Gasteiger partial charge >= 0.3 is 0 Å². The second-order valence-electron chi connectivity index (χ2n) is 5.58. The third kappa shape index (κ3) is 5.39. The number of hydrogen-bond acceptors (Lipinski definition) is 6. The summed E-state index contributed by atoms with van der Waals surface area (Å²) in [6.45, 7) is 0.914. The number of nitrogens with one attached hydrogen (secondary N) is 1. The first-order valence-electron chi connectivity index (χ1n) is 7.90. The number of rotatable bonds is 5. The van der Waals surface area contributed by atoms with Crippen molar-refractivity contribution in [1.29, 1.82) is 0 Å². The number of nitrogens with zero attached hydrogens (tertiary/aromatic N) is 7. The van der Waals surface area contributed by atoms with E-state index >= 15 is 0 Å². The van der Waals surface area contributed by atoms with E-state index in [4.69, 9.17) is 16.1 Å². The average Bonchev–Trinajstić information content (AvgIpc) is 3.25. The van der Waals surface area contributed by atoms with Crippen LogP contribution in [0.15, 0.2) is 40.1 Å². The fourth-order valence-corrected chi connectivity index (χ4v) is 2.55. The van der Waals surface area contributed by atoms with Gasteiger partial charge in [-0.15, -0.1) is 24.0 Å². The van der Waals surface area contributed by atoms with Crippen LogP contribution in [0, 0.1) is 0 Å². The van der Waals surface area contributed by atoms with E-state index in [0.29, 0.717) is 35.8 Å². The van der Waals surface area contributed by atoms with Crippen molar-refractivity contribution in [2.75, 3.05) is 14.1 Å². The highest BCUT2D eigenvalue weighted by Crippen LogP contribution is 2.19. The zero-order chi connectivity index (χ0) is 18.5. The molecule has 0 saturated heterocycles. The standard InChI is InChI=1S/C16H19ClN8O.HI/c1-18-16(24(2)9-13-20-10-21-25(13)3)19-8-14-22-15(23-26-14)11-5-4-6-12(17)7-11;/h4-7,10H,8-9H2,1-3H3,(H,18,19);1H. The number of halogens is 2. The summed E-state index contributed by atoms with van der Waals surface area (Å²) < 4.78 is 7.01. The van der Waals surface area contributed by atoms with Crippen molar-refractivity contribution in [2.45, 2.75) is 13.1 Å². The van der Waals surface area contributed by atoms with E-state index in [2.05, 4.69) is 30.5 Å². The normalized spacial score (nSPS) is 11.2. The second-order valence-corrected chi connectivity index (χ2v) is 6.02. The third-order valence-corrected chi connectivity index (χ3v) is 3.94. The van der Waals surface area contributed by atoms with Crippen LogP contribution in [0.1, 0.15) is 11.7 Å². The van der Waals surface area contributed by atoms with Crippen molar-refractivity contribution < 1.29 is 4.52 Å². The molecule has 0 aliphatic rings. The molecule has 11 heteroatoms. The molecule has 0 aliphatic carbocycles. The van der Waals surface area contributed by atoms with Gasteiger partial charge in [-0.1, -0.05) is 28.9 Å². The van der Waals surface area contributed by atoms with E-state index in [1.165, 1.54) is 6.33 Å². The van der Waals surface area contributed by atoms with E-state index in [1.54, 1.807) is 23.9 Å². The van der Waals surface area contributed by atoms with Crippen molar-refractivity contribution in [3.8, 4) is 11.4 Å². The van der Waals surface area contributed by atoms with Gasteiger partial charge in [0, 0.05) is 31.7 Å². The van der Waals surface area contributed by atoms with Gasteiger partial charge in [-0.2, -0.15) is 10.1 Å². The molecule has 0 saturated carbocycles. The lowest BCUT2D eigenvalue weighted by molar-refractivity contribution is 0.370. The monoisotopic (exact) mass is 502 g/mol. The predicted octanol–water partition coefficient (Wildman–Crippen LogP) is 2.34. The van der Waals surface area contributed by atoms with E-state index in [-0.39, 0.29) is 24.0 Å². The Labute approximate surface area is 178 Å². The summed E-state index contributed by atoms with van der Waals surface area (Å²) in [7, 11) is 5.47. The van der Waals surface area contributed by atoms with Crippen LogP contribution in [0.5, 0.6) is 0 Å². The second kappa shape index (κ2) is 9.65. The maximum atomic E-state index is 6.00. The molecule has 2 aromatic heterocycles. The summed E-state index contributed by atoms with van der Waals surface area (Å²) in [4.78, 5) is 14.8. The fourth-order valence-electron chi connectivity index (χ4n) is 2.36. The molecule has 0 amide bonds. The molecule has 27 heavy (non-hydrogen) atoms. The summed E-state index contributed by atoms with van der Waals surface area (Å²) in [5.74, 6) is 2.45. The Morgan fingerprint density at radius 2 is 2.22 bits per heavy atom. The van der Waals surface area contributed by atoms with E-state index in [0.717, 1.165) is 11.4 Å². The number of hydrogen-bond donors (Lipinski definition) is 1. The molecule has 3 rings (SSSR count). The van der Waals surface area contributed by atoms with Crippen molar-refractivity contribution in [3.05, 3.63) is 47.3 Å². The quantitative estimate of drug-likeness (QED) is 0.325. The molecule has 0 atom stereocenters. The number of benzene rings is 1. The van der Waals surface area contributed by atoms with Crippen LogP contribution in [0.25, 0.3) is 11.4 Å². The van der Waals surface area contributed by atoms with Crippen molar-refractivity contribution in [3.63, 3.8) is 0 Å². The first-order valence-corrected chi connectivity index (χ1v) is 8.28. The number of guanidine groups is 1. The summed E-state index contributed by atoms with van der Waals surface area (Å²) >= 11 is 6.00. The number of aromatic nitrogens is 5. The van der Waals surface area contributed by atoms with Gasteiger partial charge in [-0.3, -0.25) is 9.67 Å². The number of aryl methyl sites for hydroxylation is 1. The van der Waals surface area contributed by atoms with Gasteiger partial charge in [-0.25, -0.2) is 4.98 Å². The molecule has 0 unspecified atom stereocenters. The van der Waals surface area contributed by atoms with Gasteiger partial charge in [0.15, 0.2) is 5.96 Å². The summed E-state index contributed by atoms with van der Waals surface area (Å²) in [6, 6.07) is 7.30. The molecule has 0 fully saturated rings. The average molecular weight is 503 g/mol. The topological polar surface area (TPSA) is 97.3 Å². The van der Waals surface area contributed by atoms with Crippen molar-refractivity contribution in [1.82, 2.24) is 35.1 Å². The Morgan fingerprint density at radius 1 is 1.41 bits per heavy atom. The minimum atomic E-state index is 0. The maximum absolute atomic E-state index is 6.00. The fraction of sp³-hybridized carbons (Fsp3) is 0.312. The van der Waals surface area contributed by atoms with E-state index < -0.39 is 0 Å². The zero-order valence-corrected chi connectivity index (χ0v) is 18.2. The summed E-state index contributed by atoms with van der Waals surface area (Å²) in [5.41, 5.74) is 0.802. The number of aliphatic imine (C=N–C) groups is 1. The molecular formula is C16H20ClIN8O. The Morgan fingerprint density at radius 3 is 2.89 bits per heavy atom. The minimum absolute atomic E-state index is 0. The molecule has 3 aromatic rings. The first kappa shape index (κ1) is 21.1. The molecule has 0 bridgehead atoms. The Bertz CT molecular complexity index is 909. The SMILES string of the molecule is CN=C(NCc1nc(-c2cccc(Cl)c2)no1)N(C)Cc1ncnn1C.I. The Hall–Kier alpha value is -2.21. The van der Waals surface area contributed by atoms with Crippen molar-refractivity contribution >= 4 is 41.5 Å². The molecule has 1 aromatic carbocycles. The van der Waals surface area contributed by atoms with Gasteiger partial charge in [0.2, 0.25) is 11.7 Å². The largest absolute Gasteiger partial charge is 0.347 e. The lowest BCUT2D eigenvalue weighted by atomic mass is 10.2. The summed E-state index contributed by atoms with van der Waals surface area (Å²) in [6.07, 6.45) is 1.52. The van der Waals surface area contributed by atoms with Gasteiger partial charge in [-0.05, 0) is 12.1 Å². The minimum Gasteiger partial charge on any atom is -0.347 e. The highest BCUT2D eigenvalue weighted by Gasteiger charge is 2.13. The third-order valence-electron chi connectivity index (χ3n) is 3.71. The highest BCUT2D eigenvalue weighted by atomic mass is 127. The predicted molar refractivity (Wildman–Crippen MR) is 113 cm³/mol. The van der Waals surface area contributed by atoms with Crippen LogP contribution >= 0.6 is 35.6 Å². The molecule has 1 N–H and O–H groups in total. The van der Waals surface area contributed by atoms with Gasteiger partial charge < -0.3 is 14.7 Å². The van der Waals surface area contributed by atoms with Crippen LogP contribution in [-0.4, -0.2) is 49.9 Å². The van der Waals surface area contributed by atoms with Crippen LogP contribution in [-0.2, 0) is 20.1 Å². The molecular weight excluding hydrogens is 483 g/mol. The van der Waals surface area contributed by atoms with Crippen molar-refractivity contribution in [2.24, 2.45) is 12.0 Å². The van der Waals surface area contributed by atoms with Gasteiger partial charge in [0.25, 0.3) is 0 Å². The van der Waals surface area contributed by atoms with Crippen LogP contribution < -0.4 is 5.32 Å². The Balaban J connectivity index is 0.00000261. The maximum Gasteiger partial charge on any atom is 0.246 e. The molecule has 2 heterocycles. The van der Waals surface area contributed by atoms with E-state index in [9.17, 15) is 0 Å². The molecule has 0 aliphatic heterocycles. The van der Waals surface area contributed by atoms with Gasteiger partial charge in [0.1, 0.15) is 12.2 Å². The first-order chi connectivity index (χ1) is 12.6. The Kier molecular flexibility index (Phi) is 7.54. The van der Waals surface area contributed by atoms with Crippen LogP contribution in [0.2, 0.25) is 5.02 Å². The van der Waals surface area contributed by atoms with Gasteiger partial charge in [0.05, 0.1) is 13.1 Å². The smallest absolute Gasteiger partial charge is 0.246 e. The summed E-state index contributed by atoms with van der Waals surface area (Å²) in [5, 5.41) is 11.9. The molecule has 0 spiro atoms. The lowest BCUT2D eigenvalue weighted by Gasteiger charge is -2.20. The van der Waals surface area contributed by atoms with Crippen LogP contribution in [0.3, 0.4) is 0 Å². The molecule has 0 radical (unpaired) electrons. The van der Waals surface area contributed by atoms with E-state index in [1.807, 2.05) is 31.1 Å². The highest BCUT2D eigenvalue weighted by molar-refractivity contribution is 14.0. The molecule has 9 nitrogen and oxygen atoms in total. The zero-order valence-electron chi connectivity index (χ0n) is 15.1. The van der Waals surface area contributed by atoms with Crippen LogP contribution in [0.4, 0.5) is 0 Å².